The quantitative estimate of drug-likeness (QED) is 0.930. The summed E-state index contributed by atoms with van der Waals surface area (Å²) < 4.78 is 12.7. The summed E-state index contributed by atoms with van der Waals surface area (Å²) in [7, 11) is 0. The van der Waals surface area contributed by atoms with Gasteiger partial charge in [-0.15, -0.1) is 0 Å². The van der Waals surface area contributed by atoms with Crippen molar-refractivity contribution >= 4 is 23.2 Å². The van der Waals surface area contributed by atoms with Crippen molar-refractivity contribution in [1.29, 1.82) is 0 Å². The van der Waals surface area contributed by atoms with E-state index in [2.05, 4.69) is 4.98 Å². The molecular weight excluding hydrogens is 276 g/mol. The number of aliphatic hydroxyl groups excluding tert-OH is 1. The second kappa shape index (κ2) is 5.65. The minimum atomic E-state index is -0.872. The Hall–Kier alpha value is -1.16. The average molecular weight is 286 g/mol. The monoisotopic (exact) mass is 285 g/mol. The van der Waals surface area contributed by atoms with Crippen molar-refractivity contribution in [2.75, 3.05) is 0 Å². The molecule has 0 fully saturated rings. The third-order valence-corrected chi connectivity index (χ3v) is 3.26. The maximum Gasteiger partial charge on any atom is 0.141 e. The molecule has 1 atom stereocenters. The summed E-state index contributed by atoms with van der Waals surface area (Å²) in [6.45, 7) is 0. The Morgan fingerprint density at radius 3 is 2.39 bits per heavy atom. The van der Waals surface area contributed by atoms with E-state index in [-0.39, 0.29) is 6.42 Å². The fraction of sp³-hybridized carbons (Fsp3) is 0.154. The van der Waals surface area contributed by atoms with Crippen molar-refractivity contribution < 1.29 is 9.50 Å². The maximum atomic E-state index is 12.7. The van der Waals surface area contributed by atoms with E-state index in [0.717, 1.165) is 6.20 Å². The van der Waals surface area contributed by atoms with Crippen LogP contribution in [0, 0.1) is 5.82 Å². The Labute approximate surface area is 114 Å². The zero-order valence-electron chi connectivity index (χ0n) is 9.28. The first-order valence-corrected chi connectivity index (χ1v) is 6.06. The van der Waals surface area contributed by atoms with Crippen molar-refractivity contribution in [3.05, 3.63) is 63.6 Å². The average Bonchev–Trinajstić information content (AvgIpc) is 2.34. The van der Waals surface area contributed by atoms with E-state index < -0.39 is 11.9 Å². The lowest BCUT2D eigenvalue weighted by Gasteiger charge is -2.12. The van der Waals surface area contributed by atoms with Gasteiger partial charge in [-0.25, -0.2) is 4.39 Å². The van der Waals surface area contributed by atoms with Gasteiger partial charge in [0.05, 0.1) is 11.9 Å². The van der Waals surface area contributed by atoms with Crippen LogP contribution in [0.4, 0.5) is 4.39 Å². The summed E-state index contributed by atoms with van der Waals surface area (Å²) in [5, 5.41) is 11.0. The molecule has 1 aromatic heterocycles. The van der Waals surface area contributed by atoms with Gasteiger partial charge in [-0.3, -0.25) is 4.98 Å². The number of rotatable bonds is 3. The molecule has 1 N–H and O–H groups in total. The Kier molecular flexibility index (Phi) is 4.17. The minimum Gasteiger partial charge on any atom is -0.386 e. The van der Waals surface area contributed by atoms with Crippen LogP contribution in [0.15, 0.2) is 36.5 Å². The molecule has 0 saturated heterocycles. The first kappa shape index (κ1) is 13.3. The molecule has 0 amide bonds. The smallest absolute Gasteiger partial charge is 0.141 e. The van der Waals surface area contributed by atoms with Gasteiger partial charge in [0.15, 0.2) is 0 Å². The Morgan fingerprint density at radius 1 is 1.17 bits per heavy atom. The molecule has 0 aliphatic rings. The first-order valence-electron chi connectivity index (χ1n) is 5.30. The highest BCUT2D eigenvalue weighted by atomic mass is 35.5. The third-order valence-electron chi connectivity index (χ3n) is 2.55. The van der Waals surface area contributed by atoms with Gasteiger partial charge in [0.25, 0.3) is 0 Å². The number of aliphatic hydroxyl groups is 1. The molecule has 0 saturated carbocycles. The summed E-state index contributed by atoms with van der Waals surface area (Å²) in [6, 6.07) is 7.82. The van der Waals surface area contributed by atoms with Crippen LogP contribution in [0.25, 0.3) is 0 Å². The molecule has 2 aromatic rings. The molecule has 2 nitrogen and oxygen atoms in total. The predicted molar refractivity (Wildman–Crippen MR) is 69.3 cm³/mol. The number of halogens is 3. The van der Waals surface area contributed by atoms with Gasteiger partial charge in [0, 0.05) is 16.5 Å². The summed E-state index contributed by atoms with van der Waals surface area (Å²) in [6.07, 6.45) is 0.423. The van der Waals surface area contributed by atoms with E-state index in [9.17, 15) is 9.50 Å². The molecule has 0 bridgehead atoms. The number of aromatic nitrogens is 1. The van der Waals surface area contributed by atoms with Crippen LogP contribution in [0.5, 0.6) is 0 Å². The Morgan fingerprint density at radius 2 is 1.83 bits per heavy atom. The molecule has 18 heavy (non-hydrogen) atoms. The summed E-state index contributed by atoms with van der Waals surface area (Å²) in [5.74, 6) is -0.443. The van der Waals surface area contributed by atoms with E-state index in [0.29, 0.717) is 21.3 Å². The van der Waals surface area contributed by atoms with Gasteiger partial charge in [0.2, 0.25) is 0 Å². The fourth-order valence-corrected chi connectivity index (χ4v) is 2.16. The lowest BCUT2D eigenvalue weighted by atomic mass is 10.1. The molecule has 0 radical (unpaired) electrons. The van der Waals surface area contributed by atoms with Crippen LogP contribution in [0.2, 0.25) is 10.0 Å². The molecular formula is C13H10Cl2FNO. The highest BCUT2D eigenvalue weighted by Gasteiger charge is 2.14. The normalized spacial score (nSPS) is 12.4. The zero-order valence-corrected chi connectivity index (χ0v) is 10.8. The lowest BCUT2D eigenvalue weighted by Crippen LogP contribution is -2.05. The van der Waals surface area contributed by atoms with E-state index >= 15 is 0 Å². The number of pyridine rings is 1. The zero-order chi connectivity index (χ0) is 13.1. The number of nitrogens with zero attached hydrogens (tertiary/aromatic N) is 1. The predicted octanol–water partition coefficient (Wildman–Crippen LogP) is 3.80. The molecule has 94 valence electrons. The lowest BCUT2D eigenvalue weighted by molar-refractivity contribution is 0.173. The molecule has 1 heterocycles. The van der Waals surface area contributed by atoms with Crippen LogP contribution >= 0.6 is 23.2 Å². The van der Waals surface area contributed by atoms with Crippen LogP contribution in [0.1, 0.15) is 17.4 Å². The third kappa shape index (κ3) is 2.99. The topological polar surface area (TPSA) is 33.1 Å². The van der Waals surface area contributed by atoms with Gasteiger partial charge in [-0.05, 0) is 29.8 Å². The fourth-order valence-electron chi connectivity index (χ4n) is 1.61. The SMILES string of the molecule is OC(Cc1c(Cl)cccc1Cl)c1ccc(F)cn1. The van der Waals surface area contributed by atoms with Crippen LogP contribution < -0.4 is 0 Å². The van der Waals surface area contributed by atoms with Crippen molar-refractivity contribution in [3.63, 3.8) is 0 Å². The molecule has 0 spiro atoms. The molecule has 1 unspecified atom stereocenters. The van der Waals surface area contributed by atoms with Gasteiger partial charge in [0.1, 0.15) is 11.9 Å². The van der Waals surface area contributed by atoms with Gasteiger partial charge < -0.3 is 5.11 Å². The highest BCUT2D eigenvalue weighted by Crippen LogP contribution is 2.28. The maximum absolute atomic E-state index is 12.7. The van der Waals surface area contributed by atoms with Crippen LogP contribution in [-0.2, 0) is 6.42 Å². The van der Waals surface area contributed by atoms with Crippen molar-refractivity contribution in [1.82, 2.24) is 4.98 Å². The molecule has 5 heteroatoms. The summed E-state index contributed by atoms with van der Waals surface area (Å²) in [5.41, 5.74) is 1.03. The largest absolute Gasteiger partial charge is 0.386 e. The van der Waals surface area contributed by atoms with E-state index in [4.69, 9.17) is 23.2 Å². The van der Waals surface area contributed by atoms with E-state index in [1.54, 1.807) is 18.2 Å². The number of hydrogen-bond acceptors (Lipinski definition) is 2. The summed E-state index contributed by atoms with van der Waals surface area (Å²) in [4.78, 5) is 3.82. The van der Waals surface area contributed by atoms with Crippen molar-refractivity contribution in [3.8, 4) is 0 Å². The summed E-state index contributed by atoms with van der Waals surface area (Å²) >= 11 is 12.0. The standard InChI is InChI=1S/C13H10Cl2FNO/c14-10-2-1-3-11(15)9(10)6-13(18)12-5-4-8(16)7-17-12/h1-5,7,13,18H,6H2. The van der Waals surface area contributed by atoms with Crippen molar-refractivity contribution in [2.24, 2.45) is 0 Å². The number of hydrogen-bond donors (Lipinski definition) is 1. The first-order chi connectivity index (χ1) is 8.58. The number of benzene rings is 1. The molecule has 0 aliphatic heterocycles. The Bertz CT molecular complexity index is 525. The van der Waals surface area contributed by atoms with Gasteiger partial charge in [-0.1, -0.05) is 29.3 Å². The highest BCUT2D eigenvalue weighted by molar-refractivity contribution is 6.35. The molecule has 1 aromatic carbocycles. The second-order valence-corrected chi connectivity index (χ2v) is 4.64. The Balaban J connectivity index is 2.21. The van der Waals surface area contributed by atoms with Crippen molar-refractivity contribution in [2.45, 2.75) is 12.5 Å². The van der Waals surface area contributed by atoms with E-state index in [1.807, 2.05) is 0 Å². The van der Waals surface area contributed by atoms with Gasteiger partial charge in [-0.2, -0.15) is 0 Å². The van der Waals surface area contributed by atoms with E-state index in [1.165, 1.54) is 12.1 Å². The van der Waals surface area contributed by atoms with Crippen LogP contribution in [0.3, 0.4) is 0 Å². The second-order valence-electron chi connectivity index (χ2n) is 3.82. The molecule has 2 rings (SSSR count). The minimum absolute atomic E-state index is 0.233. The molecule has 0 aliphatic carbocycles. The van der Waals surface area contributed by atoms with Crippen LogP contribution in [-0.4, -0.2) is 10.1 Å². The van der Waals surface area contributed by atoms with Gasteiger partial charge >= 0.3 is 0 Å².